The highest BCUT2D eigenvalue weighted by molar-refractivity contribution is 9.10. The van der Waals surface area contributed by atoms with E-state index in [0.29, 0.717) is 16.5 Å². The fourth-order valence-corrected chi connectivity index (χ4v) is 5.92. The van der Waals surface area contributed by atoms with E-state index in [-0.39, 0.29) is 22.4 Å². The van der Waals surface area contributed by atoms with Gasteiger partial charge in [0.1, 0.15) is 5.75 Å². The number of pyridine rings is 1. The van der Waals surface area contributed by atoms with E-state index in [1.807, 2.05) is 58.2 Å². The molecule has 0 bridgehead atoms. The molecule has 0 radical (unpaired) electrons. The highest BCUT2D eigenvalue weighted by atomic mass is 79.9. The summed E-state index contributed by atoms with van der Waals surface area (Å²) in [4.78, 5) is 18.3. The van der Waals surface area contributed by atoms with Gasteiger partial charge in [-0.3, -0.25) is 14.8 Å². The summed E-state index contributed by atoms with van der Waals surface area (Å²) in [6.07, 6.45) is 3.45. The van der Waals surface area contributed by atoms with Gasteiger partial charge in [0.15, 0.2) is 17.0 Å². The van der Waals surface area contributed by atoms with Crippen LogP contribution in [0.1, 0.15) is 63.0 Å². The predicted octanol–water partition coefficient (Wildman–Crippen LogP) is 6.99. The number of hydrogen-bond acceptors (Lipinski definition) is 7. The van der Waals surface area contributed by atoms with Crippen molar-refractivity contribution in [2.24, 2.45) is 0 Å². The number of phenolic OH excluding ortho intramolecular Hbond substituents is 1. The molecule has 1 aliphatic heterocycles. The Bertz CT molecular complexity index is 1470. The van der Waals surface area contributed by atoms with Gasteiger partial charge in [-0.2, -0.15) is 0 Å². The zero-order valence-electron chi connectivity index (χ0n) is 22.2. The van der Waals surface area contributed by atoms with Crippen LogP contribution < -0.4 is 5.01 Å². The van der Waals surface area contributed by atoms with Crippen molar-refractivity contribution in [3.05, 3.63) is 82.1 Å². The van der Waals surface area contributed by atoms with Crippen molar-refractivity contribution in [1.82, 2.24) is 19.9 Å². The third kappa shape index (κ3) is 4.73. The number of anilines is 1. The summed E-state index contributed by atoms with van der Waals surface area (Å²) in [6, 6.07) is 15.1. The average molecular weight is 593 g/mol. The molecule has 9 heteroatoms. The van der Waals surface area contributed by atoms with Gasteiger partial charge in [0.2, 0.25) is 5.16 Å². The highest BCUT2D eigenvalue weighted by Crippen LogP contribution is 2.46. The SMILES string of the molecule is CC(C)(C)c1cc(N2C(C(=O)c3ccc(Br)cc3)Sc3nnc(-c4cccnc4)n32)cc(C(C)(C)C)c1O. The molecular formula is C29H30BrN5O2S. The Labute approximate surface area is 235 Å². The lowest BCUT2D eigenvalue weighted by atomic mass is 9.79. The van der Waals surface area contributed by atoms with E-state index in [1.54, 1.807) is 12.4 Å². The van der Waals surface area contributed by atoms with Gasteiger partial charge in [0.25, 0.3) is 0 Å². The molecule has 1 N–H and O–H groups in total. The summed E-state index contributed by atoms with van der Waals surface area (Å²) in [5.74, 6) is 0.829. The normalized spacial score (nSPS) is 15.6. The van der Waals surface area contributed by atoms with Gasteiger partial charge in [-0.1, -0.05) is 69.6 Å². The predicted molar refractivity (Wildman–Crippen MR) is 155 cm³/mol. The smallest absolute Gasteiger partial charge is 0.213 e. The van der Waals surface area contributed by atoms with Crippen LogP contribution in [0.4, 0.5) is 5.69 Å². The fraction of sp³-hybridized carbons (Fsp3) is 0.310. The minimum absolute atomic E-state index is 0.0483. The second-order valence-corrected chi connectivity index (χ2v) is 13.4. The van der Waals surface area contributed by atoms with Crippen molar-refractivity contribution in [2.75, 3.05) is 5.01 Å². The molecule has 196 valence electrons. The summed E-state index contributed by atoms with van der Waals surface area (Å²) in [5.41, 5.74) is 3.13. The van der Waals surface area contributed by atoms with Crippen LogP contribution >= 0.6 is 27.7 Å². The summed E-state index contributed by atoms with van der Waals surface area (Å²) in [6.45, 7) is 12.5. The molecule has 0 aliphatic carbocycles. The molecule has 1 unspecified atom stereocenters. The molecule has 0 saturated carbocycles. The first-order chi connectivity index (χ1) is 17.9. The molecule has 1 atom stereocenters. The first-order valence-electron chi connectivity index (χ1n) is 12.4. The summed E-state index contributed by atoms with van der Waals surface area (Å²) >= 11 is 4.82. The largest absolute Gasteiger partial charge is 0.507 e. The quantitative estimate of drug-likeness (QED) is 0.256. The van der Waals surface area contributed by atoms with Crippen molar-refractivity contribution in [3.63, 3.8) is 0 Å². The Balaban J connectivity index is 1.75. The maximum Gasteiger partial charge on any atom is 0.213 e. The molecule has 38 heavy (non-hydrogen) atoms. The van der Waals surface area contributed by atoms with Gasteiger partial charge in [0, 0.05) is 39.1 Å². The number of carbonyl (C=O) groups excluding carboxylic acids is 1. The van der Waals surface area contributed by atoms with Crippen LogP contribution in [0.3, 0.4) is 0 Å². The van der Waals surface area contributed by atoms with Gasteiger partial charge < -0.3 is 5.11 Å². The number of hydrogen-bond donors (Lipinski definition) is 1. The molecular weight excluding hydrogens is 562 g/mol. The molecule has 0 saturated heterocycles. The van der Waals surface area contributed by atoms with Crippen LogP contribution in [0.15, 0.2) is 70.6 Å². The number of aromatic nitrogens is 4. The van der Waals surface area contributed by atoms with E-state index in [9.17, 15) is 9.90 Å². The van der Waals surface area contributed by atoms with Gasteiger partial charge in [-0.25, -0.2) is 4.68 Å². The number of carbonyl (C=O) groups is 1. The second-order valence-electron chi connectivity index (χ2n) is 11.4. The molecule has 2 aromatic carbocycles. The number of benzene rings is 2. The van der Waals surface area contributed by atoms with E-state index in [1.165, 1.54) is 11.8 Å². The van der Waals surface area contributed by atoms with Crippen molar-refractivity contribution >= 4 is 39.2 Å². The number of ketones is 1. The number of nitrogens with zero attached hydrogens (tertiary/aromatic N) is 5. The monoisotopic (exact) mass is 591 g/mol. The van der Waals surface area contributed by atoms with Crippen LogP contribution in [-0.4, -0.2) is 36.1 Å². The summed E-state index contributed by atoms with van der Waals surface area (Å²) in [7, 11) is 0. The van der Waals surface area contributed by atoms with E-state index in [0.717, 1.165) is 26.9 Å². The Morgan fingerprint density at radius 3 is 2.16 bits per heavy atom. The van der Waals surface area contributed by atoms with Crippen molar-refractivity contribution in [2.45, 2.75) is 62.9 Å². The minimum atomic E-state index is -0.623. The molecule has 2 aromatic heterocycles. The molecule has 4 aromatic rings. The lowest BCUT2D eigenvalue weighted by molar-refractivity contribution is 0.0987. The summed E-state index contributed by atoms with van der Waals surface area (Å²) < 4.78 is 2.80. The van der Waals surface area contributed by atoms with Gasteiger partial charge in [-0.05, 0) is 59.0 Å². The Morgan fingerprint density at radius 1 is 0.974 bits per heavy atom. The number of halogens is 1. The van der Waals surface area contributed by atoms with Crippen LogP contribution in [-0.2, 0) is 10.8 Å². The maximum absolute atomic E-state index is 14.0. The topological polar surface area (TPSA) is 84.1 Å². The van der Waals surface area contributed by atoms with E-state index in [4.69, 9.17) is 0 Å². The van der Waals surface area contributed by atoms with Crippen molar-refractivity contribution in [1.29, 1.82) is 0 Å². The molecule has 0 spiro atoms. The maximum atomic E-state index is 14.0. The highest BCUT2D eigenvalue weighted by Gasteiger charge is 2.41. The van der Waals surface area contributed by atoms with Crippen LogP contribution in [0.5, 0.6) is 5.75 Å². The van der Waals surface area contributed by atoms with E-state index in [2.05, 4.69) is 72.7 Å². The Hall–Kier alpha value is -3.17. The van der Waals surface area contributed by atoms with Crippen molar-refractivity contribution in [3.8, 4) is 17.1 Å². The number of rotatable bonds is 4. The van der Waals surface area contributed by atoms with Crippen LogP contribution in [0, 0.1) is 0 Å². The number of fused-ring (bicyclic) bond motifs is 1. The fourth-order valence-electron chi connectivity index (χ4n) is 4.53. The number of Topliss-reactive ketones (excluding diaryl/α,β-unsaturated/α-hetero) is 1. The molecule has 0 amide bonds. The Kier molecular flexibility index (Phi) is 6.64. The number of thioether (sulfide) groups is 1. The average Bonchev–Trinajstić information content (AvgIpc) is 3.43. The first kappa shape index (κ1) is 26.4. The molecule has 0 fully saturated rings. The van der Waals surface area contributed by atoms with Gasteiger partial charge >= 0.3 is 0 Å². The third-order valence-electron chi connectivity index (χ3n) is 6.51. The lowest BCUT2D eigenvalue weighted by Gasteiger charge is -2.32. The van der Waals surface area contributed by atoms with Crippen molar-refractivity contribution < 1.29 is 9.90 Å². The molecule has 1 aliphatic rings. The van der Waals surface area contributed by atoms with E-state index < -0.39 is 5.37 Å². The van der Waals surface area contributed by atoms with Crippen LogP contribution in [0.25, 0.3) is 11.4 Å². The molecule has 3 heterocycles. The standard InChI is InChI=1S/C29H30BrN5O2S/c1-28(2,3)21-14-20(15-22(24(21)37)29(4,5)6)34-26(23(36)17-9-11-19(30)12-10-17)38-27-33-32-25(35(27)34)18-8-7-13-31-16-18/h7-16,26,37H,1-6H3. The lowest BCUT2D eigenvalue weighted by Crippen LogP contribution is -2.39. The summed E-state index contributed by atoms with van der Waals surface area (Å²) in [5, 5.41) is 22.2. The zero-order chi connectivity index (χ0) is 27.4. The first-order valence-corrected chi connectivity index (χ1v) is 14.0. The number of phenols is 1. The molecule has 5 rings (SSSR count). The Morgan fingerprint density at radius 2 is 1.61 bits per heavy atom. The van der Waals surface area contributed by atoms with Gasteiger partial charge in [0.05, 0.1) is 5.69 Å². The number of aromatic hydroxyl groups is 1. The zero-order valence-corrected chi connectivity index (χ0v) is 24.6. The second kappa shape index (κ2) is 9.54. The third-order valence-corrected chi connectivity index (χ3v) is 8.15. The molecule has 7 nitrogen and oxygen atoms in total. The van der Waals surface area contributed by atoms with E-state index >= 15 is 0 Å². The van der Waals surface area contributed by atoms with Crippen LogP contribution in [0.2, 0.25) is 0 Å². The van der Waals surface area contributed by atoms with Gasteiger partial charge in [-0.15, -0.1) is 10.2 Å². The minimum Gasteiger partial charge on any atom is -0.507 e.